The Bertz CT molecular complexity index is 562. The molecular weight excluding hydrogens is 252 g/mol. The summed E-state index contributed by atoms with van der Waals surface area (Å²) in [4.78, 5) is 18.2. The number of anilines is 1. The van der Waals surface area contributed by atoms with E-state index in [0.717, 1.165) is 5.69 Å². The van der Waals surface area contributed by atoms with Gasteiger partial charge in [0.15, 0.2) is 0 Å². The molecule has 0 radical (unpaired) electrons. The van der Waals surface area contributed by atoms with Gasteiger partial charge in [0.2, 0.25) is 5.82 Å². The van der Waals surface area contributed by atoms with E-state index in [2.05, 4.69) is 9.97 Å². The van der Waals surface area contributed by atoms with Crippen LogP contribution < -0.4 is 5.73 Å². The van der Waals surface area contributed by atoms with Crippen LogP contribution in [0.1, 0.15) is 5.69 Å². The molecule has 0 amide bonds. The summed E-state index contributed by atoms with van der Waals surface area (Å²) < 4.78 is 0. The highest BCUT2D eigenvalue weighted by Crippen LogP contribution is 2.25. The van der Waals surface area contributed by atoms with E-state index in [1.54, 1.807) is 12.3 Å². The van der Waals surface area contributed by atoms with E-state index in [4.69, 9.17) is 5.73 Å². The standard InChI is InChI=1S/C11H10N4O2S/c12-11-9(15(16)17)4-5-10(14-11)18-7-8-3-1-2-6-13-8/h1-6H,7H2,(H2,12,14). The zero-order valence-electron chi connectivity index (χ0n) is 9.31. The maximum Gasteiger partial charge on any atom is 0.311 e. The summed E-state index contributed by atoms with van der Waals surface area (Å²) in [6.07, 6.45) is 1.72. The lowest BCUT2D eigenvalue weighted by atomic mass is 10.4. The van der Waals surface area contributed by atoms with E-state index >= 15 is 0 Å². The van der Waals surface area contributed by atoms with Gasteiger partial charge in [0.1, 0.15) is 0 Å². The van der Waals surface area contributed by atoms with Gasteiger partial charge >= 0.3 is 5.69 Å². The largest absolute Gasteiger partial charge is 0.378 e. The van der Waals surface area contributed by atoms with E-state index in [0.29, 0.717) is 10.8 Å². The number of nitrogen functional groups attached to an aromatic ring is 1. The van der Waals surface area contributed by atoms with Crippen molar-refractivity contribution in [3.63, 3.8) is 0 Å². The van der Waals surface area contributed by atoms with E-state index in [-0.39, 0.29) is 11.5 Å². The van der Waals surface area contributed by atoms with Crippen molar-refractivity contribution in [2.45, 2.75) is 10.8 Å². The maximum absolute atomic E-state index is 10.6. The SMILES string of the molecule is Nc1nc(SCc2ccccn2)ccc1[N+](=O)[O-]. The van der Waals surface area contributed by atoms with E-state index in [9.17, 15) is 10.1 Å². The van der Waals surface area contributed by atoms with Crippen molar-refractivity contribution in [1.82, 2.24) is 9.97 Å². The monoisotopic (exact) mass is 262 g/mol. The fraction of sp³-hybridized carbons (Fsp3) is 0.0909. The molecule has 0 saturated heterocycles. The highest BCUT2D eigenvalue weighted by molar-refractivity contribution is 7.98. The lowest BCUT2D eigenvalue weighted by Crippen LogP contribution is -1.99. The van der Waals surface area contributed by atoms with Gasteiger partial charge in [-0.05, 0) is 18.2 Å². The molecule has 2 aromatic heterocycles. The lowest BCUT2D eigenvalue weighted by molar-refractivity contribution is -0.384. The van der Waals surface area contributed by atoms with Gasteiger partial charge in [0.05, 0.1) is 15.6 Å². The Hall–Kier alpha value is -2.15. The van der Waals surface area contributed by atoms with Crippen LogP contribution in [0, 0.1) is 10.1 Å². The summed E-state index contributed by atoms with van der Waals surface area (Å²) >= 11 is 1.43. The molecule has 0 aromatic carbocycles. The predicted octanol–water partition coefficient (Wildman–Crippen LogP) is 2.26. The summed E-state index contributed by atoms with van der Waals surface area (Å²) in [5.74, 6) is 0.580. The summed E-state index contributed by atoms with van der Waals surface area (Å²) in [5, 5.41) is 11.2. The van der Waals surface area contributed by atoms with E-state index in [1.165, 1.54) is 17.8 Å². The van der Waals surface area contributed by atoms with Crippen molar-refractivity contribution in [2.24, 2.45) is 0 Å². The molecule has 18 heavy (non-hydrogen) atoms. The minimum atomic E-state index is -0.546. The second-order valence-corrected chi connectivity index (χ2v) is 4.42. The second kappa shape index (κ2) is 5.46. The van der Waals surface area contributed by atoms with Crippen molar-refractivity contribution in [2.75, 3.05) is 5.73 Å². The van der Waals surface area contributed by atoms with Gasteiger partial charge in [0, 0.05) is 18.0 Å². The molecule has 2 rings (SSSR count). The molecule has 6 nitrogen and oxygen atoms in total. The first-order valence-electron chi connectivity index (χ1n) is 5.10. The normalized spacial score (nSPS) is 10.2. The third kappa shape index (κ3) is 2.95. The van der Waals surface area contributed by atoms with E-state index < -0.39 is 4.92 Å². The predicted molar refractivity (Wildman–Crippen MR) is 69.1 cm³/mol. The van der Waals surface area contributed by atoms with Gasteiger partial charge in [-0.15, -0.1) is 0 Å². The number of aromatic nitrogens is 2. The molecule has 2 N–H and O–H groups in total. The van der Waals surface area contributed by atoms with Crippen molar-refractivity contribution in [3.8, 4) is 0 Å². The molecular formula is C11H10N4O2S. The fourth-order valence-electron chi connectivity index (χ4n) is 1.32. The summed E-state index contributed by atoms with van der Waals surface area (Å²) in [7, 11) is 0. The summed E-state index contributed by atoms with van der Waals surface area (Å²) in [6.45, 7) is 0. The summed E-state index contributed by atoms with van der Waals surface area (Å²) in [6, 6.07) is 8.60. The average molecular weight is 262 g/mol. The number of nitro groups is 1. The molecule has 0 aliphatic rings. The molecule has 0 saturated carbocycles. The van der Waals surface area contributed by atoms with Crippen LogP contribution in [0.5, 0.6) is 0 Å². The van der Waals surface area contributed by atoms with Crippen LogP contribution in [-0.4, -0.2) is 14.9 Å². The van der Waals surface area contributed by atoms with Crippen LogP contribution >= 0.6 is 11.8 Å². The van der Waals surface area contributed by atoms with Crippen molar-refractivity contribution in [1.29, 1.82) is 0 Å². The van der Waals surface area contributed by atoms with Gasteiger partial charge in [-0.3, -0.25) is 15.1 Å². The van der Waals surface area contributed by atoms with E-state index in [1.807, 2.05) is 18.2 Å². The van der Waals surface area contributed by atoms with Gasteiger partial charge < -0.3 is 5.73 Å². The highest BCUT2D eigenvalue weighted by Gasteiger charge is 2.12. The number of nitrogens with two attached hydrogens (primary N) is 1. The molecule has 92 valence electrons. The van der Waals surface area contributed by atoms with Crippen molar-refractivity contribution >= 4 is 23.3 Å². The molecule has 0 unspecified atom stereocenters. The Balaban J connectivity index is 2.07. The van der Waals surface area contributed by atoms with Crippen molar-refractivity contribution < 1.29 is 4.92 Å². The molecule has 0 aliphatic carbocycles. The maximum atomic E-state index is 10.6. The van der Waals surface area contributed by atoms with Crippen LogP contribution in [0.15, 0.2) is 41.6 Å². The quantitative estimate of drug-likeness (QED) is 0.516. The molecule has 0 atom stereocenters. The van der Waals surface area contributed by atoms with Gasteiger partial charge in [-0.2, -0.15) is 0 Å². The second-order valence-electron chi connectivity index (χ2n) is 3.42. The third-order valence-electron chi connectivity index (χ3n) is 2.17. The molecule has 0 spiro atoms. The zero-order chi connectivity index (χ0) is 13.0. The number of pyridine rings is 2. The molecule has 0 aliphatic heterocycles. The zero-order valence-corrected chi connectivity index (χ0v) is 10.1. The number of hydrogen-bond acceptors (Lipinski definition) is 6. The topological polar surface area (TPSA) is 94.9 Å². The minimum Gasteiger partial charge on any atom is -0.378 e. The van der Waals surface area contributed by atoms with Crippen LogP contribution in [0.2, 0.25) is 0 Å². The molecule has 0 bridgehead atoms. The number of rotatable bonds is 4. The Morgan fingerprint density at radius 2 is 2.17 bits per heavy atom. The van der Waals surface area contributed by atoms with Crippen LogP contribution in [0.4, 0.5) is 11.5 Å². The molecule has 2 aromatic rings. The number of thioether (sulfide) groups is 1. The van der Waals surface area contributed by atoms with Crippen LogP contribution in [0.25, 0.3) is 0 Å². The minimum absolute atomic E-state index is 0.0639. The fourth-order valence-corrected chi connectivity index (χ4v) is 2.11. The molecule has 0 fully saturated rings. The molecule has 2 heterocycles. The summed E-state index contributed by atoms with van der Waals surface area (Å²) in [5.41, 5.74) is 6.26. The number of hydrogen-bond donors (Lipinski definition) is 1. The Morgan fingerprint density at radius 1 is 1.33 bits per heavy atom. The van der Waals surface area contributed by atoms with Crippen LogP contribution in [0.3, 0.4) is 0 Å². The number of nitrogens with zero attached hydrogens (tertiary/aromatic N) is 3. The first-order chi connectivity index (χ1) is 8.66. The van der Waals surface area contributed by atoms with Crippen molar-refractivity contribution in [3.05, 3.63) is 52.3 Å². The smallest absolute Gasteiger partial charge is 0.311 e. The van der Waals surface area contributed by atoms with Gasteiger partial charge in [-0.25, -0.2) is 4.98 Å². The first kappa shape index (κ1) is 12.3. The Kier molecular flexibility index (Phi) is 3.73. The first-order valence-corrected chi connectivity index (χ1v) is 6.09. The Labute approximate surface area is 107 Å². The van der Waals surface area contributed by atoms with Crippen LogP contribution in [-0.2, 0) is 5.75 Å². The highest BCUT2D eigenvalue weighted by atomic mass is 32.2. The molecule has 7 heteroatoms. The van der Waals surface area contributed by atoms with Gasteiger partial charge in [-0.1, -0.05) is 17.8 Å². The Morgan fingerprint density at radius 3 is 2.78 bits per heavy atom. The third-order valence-corrected chi connectivity index (χ3v) is 3.13. The lowest BCUT2D eigenvalue weighted by Gasteiger charge is -2.02. The van der Waals surface area contributed by atoms with Gasteiger partial charge in [0.25, 0.3) is 0 Å². The average Bonchev–Trinajstić information content (AvgIpc) is 2.37.